The molecule has 1 aliphatic heterocycles. The van der Waals surface area contributed by atoms with Gasteiger partial charge in [0.25, 0.3) is 5.91 Å². The van der Waals surface area contributed by atoms with Crippen molar-refractivity contribution in [3.63, 3.8) is 0 Å². The monoisotopic (exact) mass is 383 g/mol. The average molecular weight is 383 g/mol. The van der Waals surface area contributed by atoms with Crippen LogP contribution in [0, 0.1) is 0 Å². The smallest absolute Gasteiger partial charge is 0.325 e. The van der Waals surface area contributed by atoms with Crippen LogP contribution in [0.25, 0.3) is 0 Å². The Morgan fingerprint density at radius 3 is 2.85 bits per heavy atom. The van der Waals surface area contributed by atoms with Crippen molar-refractivity contribution >= 4 is 29.2 Å². The highest BCUT2D eigenvalue weighted by molar-refractivity contribution is 7.09. The summed E-state index contributed by atoms with van der Waals surface area (Å²) in [5, 5.41) is 7.46. The Bertz CT molecular complexity index is 909. The summed E-state index contributed by atoms with van der Waals surface area (Å²) in [5.41, 5.74) is 2.18. The minimum atomic E-state index is -1.14. The van der Waals surface area contributed by atoms with Crippen LogP contribution in [0.1, 0.15) is 34.9 Å². The summed E-state index contributed by atoms with van der Waals surface area (Å²) < 4.78 is 0. The fraction of sp³-hybridized carbons (Fsp3) is 0.350. The minimum absolute atomic E-state index is 0.281. The second-order valence-corrected chi connectivity index (χ2v) is 8.17. The number of urea groups is 1. The summed E-state index contributed by atoms with van der Waals surface area (Å²) in [6.07, 6.45) is 3.17. The maximum absolute atomic E-state index is 13.0. The predicted molar refractivity (Wildman–Crippen MR) is 102 cm³/mol. The fourth-order valence-corrected chi connectivity index (χ4v) is 4.36. The van der Waals surface area contributed by atoms with Crippen molar-refractivity contribution in [1.29, 1.82) is 0 Å². The van der Waals surface area contributed by atoms with Gasteiger partial charge in [-0.25, -0.2) is 4.79 Å². The summed E-state index contributed by atoms with van der Waals surface area (Å²) in [7, 11) is 0. The summed E-state index contributed by atoms with van der Waals surface area (Å²) >= 11 is 1.54. The number of benzene rings is 1. The van der Waals surface area contributed by atoms with E-state index in [-0.39, 0.29) is 12.5 Å². The van der Waals surface area contributed by atoms with E-state index in [1.165, 1.54) is 11.1 Å². The molecular formula is C20H21N3O3S. The summed E-state index contributed by atoms with van der Waals surface area (Å²) in [4.78, 5) is 39.6. The number of rotatable bonds is 5. The Balaban J connectivity index is 1.47. The van der Waals surface area contributed by atoms with Gasteiger partial charge in [-0.05, 0) is 54.3 Å². The summed E-state index contributed by atoms with van der Waals surface area (Å²) in [6.45, 7) is 1.81. The van der Waals surface area contributed by atoms with Crippen molar-refractivity contribution in [3.05, 3.63) is 57.3 Å². The second kappa shape index (κ2) is 6.81. The van der Waals surface area contributed by atoms with E-state index in [4.69, 9.17) is 0 Å². The first-order valence-electron chi connectivity index (χ1n) is 9.03. The molecule has 0 radical (unpaired) electrons. The van der Waals surface area contributed by atoms with Crippen LogP contribution in [0.4, 0.5) is 4.79 Å². The normalized spacial score (nSPS) is 21.3. The molecule has 7 heteroatoms. The Morgan fingerprint density at radius 2 is 2.07 bits per heavy atom. The van der Waals surface area contributed by atoms with Crippen LogP contribution in [0.2, 0.25) is 0 Å². The zero-order chi connectivity index (χ0) is 19.0. The Hall–Kier alpha value is -2.67. The number of aryl methyl sites for hydroxylation is 2. The number of fused-ring (bicyclic) bond motifs is 1. The fourth-order valence-electron chi connectivity index (χ4n) is 3.72. The van der Waals surface area contributed by atoms with Gasteiger partial charge in [-0.3, -0.25) is 14.5 Å². The molecule has 4 rings (SSSR count). The molecule has 27 heavy (non-hydrogen) atoms. The molecule has 1 atom stereocenters. The lowest BCUT2D eigenvalue weighted by Gasteiger charge is -2.23. The van der Waals surface area contributed by atoms with Gasteiger partial charge in [-0.1, -0.05) is 24.3 Å². The molecule has 2 heterocycles. The van der Waals surface area contributed by atoms with Crippen LogP contribution in [-0.4, -0.2) is 29.3 Å². The number of nitrogens with one attached hydrogen (secondary N) is 2. The minimum Gasteiger partial charge on any atom is -0.350 e. The lowest BCUT2D eigenvalue weighted by Crippen LogP contribution is -2.43. The van der Waals surface area contributed by atoms with Crippen LogP contribution >= 0.6 is 11.3 Å². The topological polar surface area (TPSA) is 78.5 Å². The number of nitrogens with zero attached hydrogens (tertiary/aromatic N) is 1. The molecule has 0 spiro atoms. The van der Waals surface area contributed by atoms with Gasteiger partial charge in [0.2, 0.25) is 5.91 Å². The number of thiophene rings is 1. The first-order valence-corrected chi connectivity index (χ1v) is 9.91. The molecule has 0 saturated carbocycles. The van der Waals surface area contributed by atoms with Crippen molar-refractivity contribution < 1.29 is 14.4 Å². The lowest BCUT2D eigenvalue weighted by atomic mass is 9.89. The molecule has 6 nitrogen and oxygen atoms in total. The van der Waals surface area contributed by atoms with E-state index < -0.39 is 17.5 Å². The first kappa shape index (κ1) is 17.7. The zero-order valence-corrected chi connectivity index (χ0v) is 15.9. The SMILES string of the molecule is CC1(c2ccc3c(c2)CCC3)NC(=O)N(CC(=O)NCc2cccs2)C1=O. The molecular weight excluding hydrogens is 362 g/mol. The van der Waals surface area contributed by atoms with Crippen LogP contribution in [-0.2, 0) is 34.5 Å². The molecule has 1 aliphatic carbocycles. The van der Waals surface area contributed by atoms with E-state index in [2.05, 4.69) is 10.6 Å². The van der Waals surface area contributed by atoms with Crippen LogP contribution < -0.4 is 10.6 Å². The number of amides is 4. The Morgan fingerprint density at radius 1 is 1.26 bits per heavy atom. The van der Waals surface area contributed by atoms with E-state index in [0.717, 1.165) is 34.6 Å². The molecule has 2 N–H and O–H groups in total. The highest BCUT2D eigenvalue weighted by Crippen LogP contribution is 2.32. The molecule has 4 amide bonds. The van der Waals surface area contributed by atoms with Crippen molar-refractivity contribution in [1.82, 2.24) is 15.5 Å². The number of imide groups is 1. The molecule has 1 saturated heterocycles. The largest absolute Gasteiger partial charge is 0.350 e. The van der Waals surface area contributed by atoms with Crippen LogP contribution in [0.3, 0.4) is 0 Å². The quantitative estimate of drug-likeness (QED) is 0.778. The zero-order valence-electron chi connectivity index (χ0n) is 15.1. The lowest BCUT2D eigenvalue weighted by molar-refractivity contribution is -0.134. The number of hydrogen-bond donors (Lipinski definition) is 2. The molecule has 1 aromatic heterocycles. The van der Waals surface area contributed by atoms with Gasteiger partial charge in [0.1, 0.15) is 12.1 Å². The first-order chi connectivity index (χ1) is 13.0. The highest BCUT2D eigenvalue weighted by Gasteiger charge is 2.49. The Labute approximate surface area is 161 Å². The highest BCUT2D eigenvalue weighted by atomic mass is 32.1. The van der Waals surface area contributed by atoms with Crippen LogP contribution in [0.15, 0.2) is 35.7 Å². The Kier molecular flexibility index (Phi) is 4.47. The molecule has 2 aromatic rings. The van der Waals surface area contributed by atoms with Crippen molar-refractivity contribution in [2.45, 2.75) is 38.3 Å². The van der Waals surface area contributed by atoms with Gasteiger partial charge < -0.3 is 10.6 Å². The number of carbonyl (C=O) groups is 3. The summed E-state index contributed by atoms with van der Waals surface area (Å²) in [5.74, 6) is -0.748. The third kappa shape index (κ3) is 3.23. The van der Waals surface area contributed by atoms with E-state index in [9.17, 15) is 14.4 Å². The third-order valence-electron chi connectivity index (χ3n) is 5.29. The summed E-state index contributed by atoms with van der Waals surface area (Å²) in [6, 6.07) is 9.26. The van der Waals surface area contributed by atoms with Gasteiger partial charge in [0, 0.05) is 4.88 Å². The van der Waals surface area contributed by atoms with E-state index in [1.807, 2.05) is 35.7 Å². The maximum Gasteiger partial charge on any atom is 0.325 e. The molecule has 2 aliphatic rings. The van der Waals surface area contributed by atoms with Gasteiger partial charge in [-0.15, -0.1) is 11.3 Å². The van der Waals surface area contributed by atoms with Crippen molar-refractivity contribution in [2.24, 2.45) is 0 Å². The molecule has 0 bridgehead atoms. The average Bonchev–Trinajstić information content (AvgIpc) is 3.37. The van der Waals surface area contributed by atoms with Gasteiger partial charge >= 0.3 is 6.03 Å². The van der Waals surface area contributed by atoms with E-state index >= 15 is 0 Å². The maximum atomic E-state index is 13.0. The van der Waals surface area contributed by atoms with Crippen molar-refractivity contribution in [3.8, 4) is 0 Å². The van der Waals surface area contributed by atoms with Crippen molar-refractivity contribution in [2.75, 3.05) is 6.54 Å². The molecule has 140 valence electrons. The number of hydrogen-bond acceptors (Lipinski definition) is 4. The third-order valence-corrected chi connectivity index (χ3v) is 6.17. The van der Waals surface area contributed by atoms with Gasteiger partial charge in [0.05, 0.1) is 6.54 Å². The number of carbonyl (C=O) groups excluding carboxylic acids is 3. The van der Waals surface area contributed by atoms with E-state index in [0.29, 0.717) is 6.54 Å². The standard InChI is InChI=1S/C20H21N3O3S/c1-20(15-8-7-13-4-2-5-14(13)10-15)18(25)23(19(26)22-20)12-17(24)21-11-16-6-3-9-27-16/h3,6-10H,2,4-5,11-12H2,1H3,(H,21,24)(H,22,26). The molecule has 1 aromatic carbocycles. The molecule has 1 fully saturated rings. The van der Waals surface area contributed by atoms with E-state index in [1.54, 1.807) is 18.3 Å². The van der Waals surface area contributed by atoms with Crippen LogP contribution in [0.5, 0.6) is 0 Å². The predicted octanol–water partition coefficient (Wildman–Crippen LogP) is 2.32. The molecule has 1 unspecified atom stereocenters. The van der Waals surface area contributed by atoms with Gasteiger partial charge in [-0.2, -0.15) is 0 Å². The van der Waals surface area contributed by atoms with Gasteiger partial charge in [0.15, 0.2) is 0 Å². The second-order valence-electron chi connectivity index (χ2n) is 7.14.